The molecule has 0 radical (unpaired) electrons. The SMILES string of the molecule is CC1CN(C([C@H](CC(=O)O)NC(=O)OC(C)(C)C)C(C)(C)C)C(=O)CS1. The molecule has 0 aromatic rings. The molecule has 0 aliphatic carbocycles. The number of amides is 2. The van der Waals surface area contributed by atoms with Crippen molar-refractivity contribution in [1.29, 1.82) is 0 Å². The third-order valence-corrected chi connectivity index (χ3v) is 5.10. The number of carbonyl (C=O) groups is 3. The van der Waals surface area contributed by atoms with Crippen molar-refractivity contribution in [2.24, 2.45) is 5.41 Å². The first-order chi connectivity index (χ1) is 11.7. The third-order valence-electron chi connectivity index (χ3n) is 3.97. The van der Waals surface area contributed by atoms with Crippen LogP contribution in [-0.2, 0) is 14.3 Å². The second-order valence-corrected chi connectivity index (χ2v) is 10.3. The number of ether oxygens (including phenoxy) is 1. The van der Waals surface area contributed by atoms with Crippen LogP contribution in [0, 0.1) is 5.41 Å². The number of carbonyl (C=O) groups excluding carboxylic acids is 2. The van der Waals surface area contributed by atoms with Gasteiger partial charge in [0.05, 0.1) is 24.3 Å². The number of carboxylic acid groups (broad SMARTS) is 1. The van der Waals surface area contributed by atoms with E-state index in [4.69, 9.17) is 4.74 Å². The summed E-state index contributed by atoms with van der Waals surface area (Å²) < 4.78 is 5.30. The standard InChI is InChI=1S/C18H32N2O5S/c1-11-9-20(13(21)10-26-11)15(17(2,3)4)12(8-14(22)23)19-16(24)25-18(5,6)7/h11-12,15H,8-10H2,1-7H3,(H,19,24)(H,22,23)/t11?,12-,15?/m0/s1. The molecule has 150 valence electrons. The molecule has 2 amide bonds. The molecule has 0 spiro atoms. The Bertz CT molecular complexity index is 539. The van der Waals surface area contributed by atoms with E-state index in [0.717, 1.165) is 0 Å². The first-order valence-corrected chi connectivity index (χ1v) is 9.88. The Morgan fingerprint density at radius 1 is 1.31 bits per heavy atom. The lowest BCUT2D eigenvalue weighted by Gasteiger charge is -2.47. The molecule has 7 nitrogen and oxygen atoms in total. The van der Waals surface area contributed by atoms with E-state index in [2.05, 4.69) is 5.32 Å². The Labute approximate surface area is 160 Å². The molecule has 8 heteroatoms. The van der Waals surface area contributed by atoms with Gasteiger partial charge < -0.3 is 20.1 Å². The first-order valence-electron chi connectivity index (χ1n) is 8.83. The van der Waals surface area contributed by atoms with Crippen LogP contribution in [0.25, 0.3) is 0 Å². The van der Waals surface area contributed by atoms with E-state index >= 15 is 0 Å². The molecule has 1 heterocycles. The zero-order chi connectivity index (χ0) is 20.3. The molecule has 3 atom stereocenters. The topological polar surface area (TPSA) is 95.9 Å². The molecule has 2 N–H and O–H groups in total. The van der Waals surface area contributed by atoms with Crippen LogP contribution in [0.5, 0.6) is 0 Å². The number of hydrogen-bond donors (Lipinski definition) is 2. The van der Waals surface area contributed by atoms with Gasteiger partial charge in [-0.1, -0.05) is 27.7 Å². The van der Waals surface area contributed by atoms with Gasteiger partial charge in [0, 0.05) is 11.8 Å². The summed E-state index contributed by atoms with van der Waals surface area (Å²) in [5.41, 5.74) is -1.12. The zero-order valence-corrected chi connectivity index (χ0v) is 17.6. The van der Waals surface area contributed by atoms with E-state index in [1.54, 1.807) is 37.4 Å². The van der Waals surface area contributed by atoms with E-state index in [-0.39, 0.29) is 17.6 Å². The zero-order valence-electron chi connectivity index (χ0n) is 16.8. The fourth-order valence-corrected chi connectivity index (χ4v) is 4.03. The number of rotatable bonds is 5. The largest absolute Gasteiger partial charge is 0.481 e. The molecule has 1 aliphatic rings. The Balaban J connectivity index is 3.15. The van der Waals surface area contributed by atoms with Crippen molar-refractivity contribution in [2.45, 2.75) is 77.8 Å². The van der Waals surface area contributed by atoms with Crippen LogP contribution in [-0.4, -0.2) is 63.2 Å². The van der Waals surface area contributed by atoms with Gasteiger partial charge in [-0.2, -0.15) is 0 Å². The Kier molecular flexibility index (Phi) is 7.39. The molecule has 2 unspecified atom stereocenters. The van der Waals surface area contributed by atoms with Gasteiger partial charge in [0.2, 0.25) is 5.91 Å². The summed E-state index contributed by atoms with van der Waals surface area (Å²) in [6.07, 6.45) is -0.961. The van der Waals surface area contributed by atoms with Gasteiger partial charge in [-0.3, -0.25) is 9.59 Å². The van der Waals surface area contributed by atoms with Crippen LogP contribution in [0.3, 0.4) is 0 Å². The predicted octanol–water partition coefficient (Wildman–Crippen LogP) is 2.73. The average molecular weight is 389 g/mol. The third kappa shape index (κ3) is 7.05. The quantitative estimate of drug-likeness (QED) is 0.752. The molecule has 0 bridgehead atoms. The predicted molar refractivity (Wildman–Crippen MR) is 102 cm³/mol. The van der Waals surface area contributed by atoms with Crippen molar-refractivity contribution >= 4 is 29.7 Å². The van der Waals surface area contributed by atoms with E-state index in [1.807, 2.05) is 27.7 Å². The Hall–Kier alpha value is -1.44. The summed E-state index contributed by atoms with van der Waals surface area (Å²) >= 11 is 1.59. The number of alkyl carbamates (subject to hydrolysis) is 1. The monoisotopic (exact) mass is 388 g/mol. The highest BCUT2D eigenvalue weighted by Crippen LogP contribution is 2.32. The lowest BCUT2D eigenvalue weighted by atomic mass is 9.79. The van der Waals surface area contributed by atoms with Crippen molar-refractivity contribution in [3.05, 3.63) is 0 Å². The molecule has 26 heavy (non-hydrogen) atoms. The molecule has 0 aromatic carbocycles. The van der Waals surface area contributed by atoms with Crippen LogP contribution in [0.1, 0.15) is 54.9 Å². The Morgan fingerprint density at radius 2 is 1.88 bits per heavy atom. The van der Waals surface area contributed by atoms with Gasteiger partial charge >= 0.3 is 12.1 Å². The van der Waals surface area contributed by atoms with E-state index in [0.29, 0.717) is 12.3 Å². The molecule has 1 rings (SSSR count). The first kappa shape index (κ1) is 22.6. The van der Waals surface area contributed by atoms with Gasteiger partial charge in [-0.15, -0.1) is 11.8 Å². The van der Waals surface area contributed by atoms with Gasteiger partial charge in [0.1, 0.15) is 5.60 Å². The maximum absolute atomic E-state index is 12.5. The fraction of sp³-hybridized carbons (Fsp3) is 0.833. The summed E-state index contributed by atoms with van der Waals surface area (Å²) in [7, 11) is 0. The highest BCUT2D eigenvalue weighted by atomic mass is 32.2. The van der Waals surface area contributed by atoms with Crippen LogP contribution >= 0.6 is 11.8 Å². The highest BCUT2D eigenvalue weighted by Gasteiger charge is 2.43. The van der Waals surface area contributed by atoms with Gasteiger partial charge in [-0.05, 0) is 26.2 Å². The summed E-state index contributed by atoms with van der Waals surface area (Å²) in [6.45, 7) is 13.6. The van der Waals surface area contributed by atoms with Crippen molar-refractivity contribution < 1.29 is 24.2 Å². The summed E-state index contributed by atoms with van der Waals surface area (Å²) in [5, 5.41) is 12.3. The minimum absolute atomic E-state index is 0.0330. The lowest BCUT2D eigenvalue weighted by molar-refractivity contribution is -0.141. The van der Waals surface area contributed by atoms with E-state index in [1.165, 1.54) is 0 Å². The Morgan fingerprint density at radius 3 is 2.35 bits per heavy atom. The van der Waals surface area contributed by atoms with Crippen LogP contribution in [0.2, 0.25) is 0 Å². The molecule has 1 saturated heterocycles. The smallest absolute Gasteiger partial charge is 0.407 e. The number of carboxylic acids is 1. The average Bonchev–Trinajstić information content (AvgIpc) is 2.38. The van der Waals surface area contributed by atoms with Crippen molar-refractivity contribution in [3.63, 3.8) is 0 Å². The number of aliphatic carboxylic acids is 1. The maximum atomic E-state index is 12.5. The minimum Gasteiger partial charge on any atom is -0.481 e. The van der Waals surface area contributed by atoms with Crippen molar-refractivity contribution in [2.75, 3.05) is 12.3 Å². The number of thioether (sulfide) groups is 1. The van der Waals surface area contributed by atoms with E-state index in [9.17, 15) is 19.5 Å². The molecule has 1 fully saturated rings. The number of nitrogens with one attached hydrogen (secondary N) is 1. The maximum Gasteiger partial charge on any atom is 0.407 e. The minimum atomic E-state index is -1.04. The summed E-state index contributed by atoms with van der Waals surface area (Å²) in [4.78, 5) is 38.0. The normalized spacial score (nSPS) is 21.1. The molecule has 0 aromatic heterocycles. The van der Waals surface area contributed by atoms with Crippen molar-refractivity contribution in [3.8, 4) is 0 Å². The molecule has 1 aliphatic heterocycles. The highest BCUT2D eigenvalue weighted by molar-refractivity contribution is 8.00. The van der Waals surface area contributed by atoms with Gasteiger partial charge in [-0.25, -0.2) is 4.79 Å². The molecular formula is C18H32N2O5S. The second kappa shape index (κ2) is 8.50. The summed E-state index contributed by atoms with van der Waals surface area (Å²) in [6, 6.07) is -1.21. The number of nitrogens with zero attached hydrogens (tertiary/aromatic N) is 1. The lowest BCUT2D eigenvalue weighted by Crippen LogP contribution is -2.62. The molecule has 0 saturated carbocycles. The number of hydrogen-bond acceptors (Lipinski definition) is 5. The van der Waals surface area contributed by atoms with Crippen LogP contribution in [0.4, 0.5) is 4.79 Å². The van der Waals surface area contributed by atoms with Gasteiger partial charge in [0.15, 0.2) is 0 Å². The van der Waals surface area contributed by atoms with Crippen LogP contribution < -0.4 is 5.32 Å². The van der Waals surface area contributed by atoms with E-state index < -0.39 is 35.2 Å². The molecular weight excluding hydrogens is 356 g/mol. The summed E-state index contributed by atoms with van der Waals surface area (Å²) in [5.74, 6) is -0.707. The van der Waals surface area contributed by atoms with Gasteiger partial charge in [0.25, 0.3) is 0 Å². The fourth-order valence-electron chi connectivity index (χ4n) is 3.17. The van der Waals surface area contributed by atoms with Crippen LogP contribution in [0.15, 0.2) is 0 Å². The van der Waals surface area contributed by atoms with Crippen molar-refractivity contribution in [1.82, 2.24) is 10.2 Å². The second-order valence-electron chi connectivity index (χ2n) is 8.83.